The summed E-state index contributed by atoms with van der Waals surface area (Å²) in [5, 5.41) is 0. The van der Waals surface area contributed by atoms with E-state index in [1.807, 2.05) is 0 Å². The van der Waals surface area contributed by atoms with E-state index in [1.54, 1.807) is 5.82 Å². The second-order valence-corrected chi connectivity index (χ2v) is 11.2. The molecule has 184 valence electrons. The smallest absolute Gasteiger partial charge is 0.331 e. The molecule has 0 aliphatic rings. The second kappa shape index (κ2) is 23.1. The van der Waals surface area contributed by atoms with Crippen LogP contribution in [0, 0.1) is 0 Å². The van der Waals surface area contributed by atoms with Gasteiger partial charge >= 0.3 is 7.60 Å². The van der Waals surface area contributed by atoms with E-state index < -0.39 is 16.0 Å². The van der Waals surface area contributed by atoms with E-state index in [1.165, 1.54) is 44.3 Å². The van der Waals surface area contributed by atoms with Crippen molar-refractivity contribution in [3.8, 4) is 0 Å². The van der Waals surface area contributed by atoms with Crippen molar-refractivity contribution in [3.05, 3.63) is 24.8 Å². The molecular formula is C24H48O5P2. The van der Waals surface area contributed by atoms with Gasteiger partial charge in [0.05, 0.1) is 26.4 Å². The molecule has 0 aliphatic heterocycles. The average Bonchev–Trinajstić information content (AvgIpc) is 2.78. The Hall–Kier alpha value is -0.0200. The maximum absolute atomic E-state index is 12.4. The van der Waals surface area contributed by atoms with E-state index in [2.05, 4.69) is 27.0 Å². The summed E-state index contributed by atoms with van der Waals surface area (Å²) in [4.78, 5) is 0. The van der Waals surface area contributed by atoms with Crippen molar-refractivity contribution in [2.45, 2.75) is 104 Å². The van der Waals surface area contributed by atoms with Crippen LogP contribution in [0.25, 0.3) is 0 Å². The molecule has 2 unspecified atom stereocenters. The van der Waals surface area contributed by atoms with Crippen LogP contribution in [-0.4, -0.2) is 26.4 Å². The Balaban J connectivity index is 3.57. The Labute approximate surface area is 193 Å². The van der Waals surface area contributed by atoms with Crippen LogP contribution in [0.3, 0.4) is 0 Å². The van der Waals surface area contributed by atoms with Gasteiger partial charge in [0.25, 0.3) is 0 Å². The van der Waals surface area contributed by atoms with Crippen LogP contribution in [-0.2, 0) is 22.7 Å². The lowest BCUT2D eigenvalue weighted by atomic mass is 10.1. The summed E-state index contributed by atoms with van der Waals surface area (Å²) in [5.41, 5.74) is 0. The van der Waals surface area contributed by atoms with Gasteiger partial charge in [0.1, 0.15) is 0 Å². The first kappa shape index (κ1) is 31.0. The van der Waals surface area contributed by atoms with Crippen molar-refractivity contribution >= 4 is 16.0 Å². The Morgan fingerprint density at radius 1 is 0.645 bits per heavy atom. The standard InChI is InChI=1S/C24H48O5P2/c1-5-9-11-17-21-26-30(7-3)27-22-18-15-13-14-16-20-24-29-31(25,8-4)28-23-19-12-10-6-2/h7-8H,3-6,9-24H2,1-2H3. The lowest BCUT2D eigenvalue weighted by Gasteiger charge is -2.15. The largest absolute Gasteiger partial charge is 0.353 e. The maximum atomic E-state index is 12.4. The van der Waals surface area contributed by atoms with Crippen LogP contribution in [0.1, 0.15) is 104 Å². The Bertz CT molecular complexity index is 459. The highest BCUT2D eigenvalue weighted by molar-refractivity contribution is 7.57. The summed E-state index contributed by atoms with van der Waals surface area (Å²) in [5.74, 6) is 3.13. The molecule has 0 bridgehead atoms. The zero-order valence-corrected chi connectivity index (χ0v) is 22.0. The van der Waals surface area contributed by atoms with Gasteiger partial charge in [-0.15, -0.1) is 0 Å². The van der Waals surface area contributed by atoms with Gasteiger partial charge in [-0.1, -0.05) is 91.2 Å². The zero-order chi connectivity index (χ0) is 23.0. The van der Waals surface area contributed by atoms with Gasteiger partial charge in [-0.05, 0) is 31.5 Å². The molecule has 0 radical (unpaired) electrons. The molecule has 0 rings (SSSR count). The lowest BCUT2D eigenvalue weighted by Crippen LogP contribution is -1.98. The molecule has 0 aromatic carbocycles. The van der Waals surface area contributed by atoms with Crippen LogP contribution in [0.15, 0.2) is 24.8 Å². The molecule has 2 atom stereocenters. The van der Waals surface area contributed by atoms with Crippen molar-refractivity contribution in [2.24, 2.45) is 0 Å². The fraction of sp³-hybridized carbons (Fsp3) is 0.833. The Morgan fingerprint density at radius 2 is 1.03 bits per heavy atom. The fourth-order valence-corrected chi connectivity index (χ4v) is 4.90. The number of unbranched alkanes of at least 4 members (excludes halogenated alkanes) is 11. The van der Waals surface area contributed by atoms with Gasteiger partial charge in [-0.3, -0.25) is 4.57 Å². The summed E-state index contributed by atoms with van der Waals surface area (Å²) in [6.45, 7) is 14.2. The topological polar surface area (TPSA) is 54.0 Å². The molecule has 31 heavy (non-hydrogen) atoms. The molecule has 0 aromatic heterocycles. The van der Waals surface area contributed by atoms with E-state index in [-0.39, 0.29) is 0 Å². The summed E-state index contributed by atoms with van der Waals surface area (Å²) in [7, 11) is -4.05. The van der Waals surface area contributed by atoms with Crippen molar-refractivity contribution in [3.63, 3.8) is 0 Å². The third-order valence-corrected chi connectivity index (χ3v) is 7.59. The van der Waals surface area contributed by atoms with E-state index in [0.717, 1.165) is 64.6 Å². The van der Waals surface area contributed by atoms with Gasteiger partial charge in [0.2, 0.25) is 0 Å². The van der Waals surface area contributed by atoms with Crippen molar-refractivity contribution in [1.29, 1.82) is 0 Å². The van der Waals surface area contributed by atoms with Crippen LogP contribution < -0.4 is 0 Å². The van der Waals surface area contributed by atoms with Gasteiger partial charge in [0.15, 0.2) is 8.38 Å². The minimum Gasteiger partial charge on any atom is -0.331 e. The normalized spacial score (nSPS) is 14.3. The minimum absolute atomic E-state index is 0.459. The monoisotopic (exact) mass is 478 g/mol. The SMILES string of the molecule is C=CP(OCCCCCC)OCCCCCCCCOP(=O)(C=C)OCCCCCC. The van der Waals surface area contributed by atoms with Crippen molar-refractivity contribution < 1.29 is 22.7 Å². The third kappa shape index (κ3) is 20.3. The van der Waals surface area contributed by atoms with Crippen molar-refractivity contribution in [2.75, 3.05) is 26.4 Å². The summed E-state index contributed by atoms with van der Waals surface area (Å²) < 4.78 is 34.9. The molecule has 0 heterocycles. The van der Waals surface area contributed by atoms with Crippen molar-refractivity contribution in [1.82, 2.24) is 0 Å². The summed E-state index contributed by atoms with van der Waals surface area (Å²) >= 11 is 0. The molecule has 5 nitrogen and oxygen atoms in total. The van der Waals surface area contributed by atoms with Gasteiger partial charge in [-0.2, -0.15) is 0 Å². The maximum Gasteiger partial charge on any atom is 0.353 e. The predicted molar refractivity (Wildman–Crippen MR) is 135 cm³/mol. The van der Waals surface area contributed by atoms with Gasteiger partial charge in [0, 0.05) is 5.82 Å². The fourth-order valence-electron chi connectivity index (χ4n) is 2.95. The molecule has 0 N–H and O–H groups in total. The number of hydrogen-bond acceptors (Lipinski definition) is 5. The molecular weight excluding hydrogens is 430 g/mol. The Kier molecular flexibility index (Phi) is 23.1. The first-order valence-electron chi connectivity index (χ1n) is 12.3. The third-order valence-electron chi connectivity index (χ3n) is 4.89. The highest BCUT2D eigenvalue weighted by atomic mass is 31.2. The van der Waals surface area contributed by atoms with Crippen LogP contribution in [0.2, 0.25) is 0 Å². The van der Waals surface area contributed by atoms with E-state index in [9.17, 15) is 4.57 Å². The molecule has 0 spiro atoms. The van der Waals surface area contributed by atoms with Crippen LogP contribution in [0.5, 0.6) is 0 Å². The molecule has 0 saturated carbocycles. The molecule has 0 fully saturated rings. The number of hydrogen-bond donors (Lipinski definition) is 0. The quantitative estimate of drug-likeness (QED) is 0.0966. The van der Waals surface area contributed by atoms with Gasteiger partial charge < -0.3 is 18.1 Å². The summed E-state index contributed by atoms with van der Waals surface area (Å²) in [6.07, 6.45) is 15.6. The Morgan fingerprint density at radius 3 is 1.42 bits per heavy atom. The molecule has 7 heteroatoms. The molecule has 0 aromatic rings. The van der Waals surface area contributed by atoms with E-state index in [4.69, 9.17) is 18.1 Å². The van der Waals surface area contributed by atoms with Crippen LogP contribution in [0.4, 0.5) is 0 Å². The highest BCUT2D eigenvalue weighted by Crippen LogP contribution is 2.49. The molecule has 0 aliphatic carbocycles. The minimum atomic E-state index is -3.12. The van der Waals surface area contributed by atoms with Crippen LogP contribution >= 0.6 is 16.0 Å². The van der Waals surface area contributed by atoms with E-state index in [0.29, 0.717) is 13.2 Å². The molecule has 0 amide bonds. The highest BCUT2D eigenvalue weighted by Gasteiger charge is 2.19. The predicted octanol–water partition coefficient (Wildman–Crippen LogP) is 9.35. The summed E-state index contributed by atoms with van der Waals surface area (Å²) in [6, 6.07) is 0. The number of rotatable bonds is 25. The second-order valence-electron chi connectivity index (χ2n) is 7.77. The average molecular weight is 479 g/mol. The first-order valence-corrected chi connectivity index (χ1v) is 15.2. The van der Waals surface area contributed by atoms with E-state index >= 15 is 0 Å². The molecule has 0 saturated heterocycles. The van der Waals surface area contributed by atoms with Gasteiger partial charge in [-0.25, -0.2) is 0 Å². The lowest BCUT2D eigenvalue weighted by molar-refractivity contribution is 0.205. The first-order chi connectivity index (χ1) is 15.1. The zero-order valence-electron chi connectivity index (χ0n) is 20.2.